The van der Waals surface area contributed by atoms with Crippen LogP contribution in [0.4, 0.5) is 0 Å². The Bertz CT molecular complexity index is 765. The number of unbranched alkanes of at least 4 members (excludes halogenated alkanes) is 9. The van der Waals surface area contributed by atoms with E-state index in [4.69, 9.17) is 4.74 Å². The molecule has 1 aromatic carbocycles. The van der Waals surface area contributed by atoms with Crippen LogP contribution in [-0.2, 0) is 19.6 Å². The van der Waals surface area contributed by atoms with Gasteiger partial charge in [0.2, 0.25) is 0 Å². The standard InChI is InChI=1S/C22H34O7S.Na/c1-3-4-5-6-7-8-9-10-11-14-17-28-21(23)19-15-12-13-16-20(19)22(24)29-18(2)30(25,26)27;/h12-13,15-16,18H,3-11,14,17H2,1-2H3,(H,25,26,27);/q;+1/p-1. The molecule has 0 aliphatic rings. The van der Waals surface area contributed by atoms with E-state index in [1.54, 1.807) is 6.07 Å². The average Bonchev–Trinajstić information content (AvgIpc) is 2.71. The fraction of sp³-hybridized carbons (Fsp3) is 0.636. The molecule has 0 bridgehead atoms. The van der Waals surface area contributed by atoms with E-state index in [9.17, 15) is 22.6 Å². The van der Waals surface area contributed by atoms with E-state index in [1.165, 1.54) is 63.1 Å². The molecule has 170 valence electrons. The van der Waals surface area contributed by atoms with Crippen molar-refractivity contribution in [2.24, 2.45) is 0 Å². The first kappa shape index (κ1) is 30.1. The number of carbonyl (C=O) groups excluding carboxylic acids is 2. The van der Waals surface area contributed by atoms with Crippen molar-refractivity contribution in [3.63, 3.8) is 0 Å². The van der Waals surface area contributed by atoms with Gasteiger partial charge >= 0.3 is 41.5 Å². The third-order valence-corrected chi connectivity index (χ3v) is 5.69. The Kier molecular flexibility index (Phi) is 16.2. The monoisotopic (exact) mass is 464 g/mol. The minimum Gasteiger partial charge on any atom is -0.745 e. The molecule has 1 rings (SSSR count). The summed E-state index contributed by atoms with van der Waals surface area (Å²) in [7, 11) is -4.78. The molecule has 0 radical (unpaired) electrons. The summed E-state index contributed by atoms with van der Waals surface area (Å²) in [6.07, 6.45) is 11.6. The first-order valence-corrected chi connectivity index (χ1v) is 12.2. The number of hydrogen-bond acceptors (Lipinski definition) is 7. The molecule has 0 amide bonds. The van der Waals surface area contributed by atoms with E-state index >= 15 is 0 Å². The van der Waals surface area contributed by atoms with Gasteiger partial charge in [-0.05, 0) is 25.5 Å². The van der Waals surface area contributed by atoms with E-state index in [0.717, 1.165) is 26.2 Å². The Morgan fingerprint density at radius 1 is 0.871 bits per heavy atom. The maximum absolute atomic E-state index is 12.3. The summed E-state index contributed by atoms with van der Waals surface area (Å²) >= 11 is 0. The van der Waals surface area contributed by atoms with E-state index < -0.39 is 27.5 Å². The molecule has 0 aliphatic carbocycles. The molecule has 1 atom stereocenters. The van der Waals surface area contributed by atoms with Crippen LogP contribution < -0.4 is 29.6 Å². The molecule has 1 unspecified atom stereocenters. The summed E-state index contributed by atoms with van der Waals surface area (Å²) in [5, 5.41) is 0. The molecular weight excluding hydrogens is 431 g/mol. The smallest absolute Gasteiger partial charge is 0.745 e. The van der Waals surface area contributed by atoms with Crippen LogP contribution >= 0.6 is 0 Å². The number of esters is 2. The van der Waals surface area contributed by atoms with Gasteiger partial charge in [-0.3, -0.25) is 0 Å². The van der Waals surface area contributed by atoms with Gasteiger partial charge in [-0.2, -0.15) is 0 Å². The molecular formula is C22H33NaO7S. The SMILES string of the molecule is CCCCCCCCCCCCOC(=O)c1ccccc1C(=O)OC(C)S(=O)(=O)[O-].[Na+]. The van der Waals surface area contributed by atoms with Gasteiger partial charge in [-0.25, -0.2) is 18.0 Å². The fourth-order valence-corrected chi connectivity index (χ4v) is 3.15. The van der Waals surface area contributed by atoms with Gasteiger partial charge in [0.25, 0.3) is 0 Å². The Morgan fingerprint density at radius 3 is 1.81 bits per heavy atom. The number of ether oxygens (including phenoxy) is 2. The van der Waals surface area contributed by atoms with Crippen molar-refractivity contribution in [1.82, 2.24) is 0 Å². The van der Waals surface area contributed by atoms with Gasteiger partial charge in [0.05, 0.1) is 17.7 Å². The molecule has 7 nitrogen and oxygen atoms in total. The summed E-state index contributed by atoms with van der Waals surface area (Å²) in [5.41, 5.74) is -2.01. The summed E-state index contributed by atoms with van der Waals surface area (Å²) in [6.45, 7) is 3.41. The molecule has 9 heteroatoms. The maximum atomic E-state index is 12.3. The van der Waals surface area contributed by atoms with Crippen LogP contribution in [0.5, 0.6) is 0 Å². The normalized spacial score (nSPS) is 12.0. The molecule has 0 aromatic heterocycles. The van der Waals surface area contributed by atoms with Crippen LogP contribution in [0.25, 0.3) is 0 Å². The van der Waals surface area contributed by atoms with Gasteiger partial charge in [-0.15, -0.1) is 0 Å². The third-order valence-electron chi connectivity index (χ3n) is 4.78. The molecule has 0 saturated heterocycles. The van der Waals surface area contributed by atoms with Crippen LogP contribution in [0.1, 0.15) is 98.8 Å². The summed E-state index contributed by atoms with van der Waals surface area (Å²) in [5.74, 6) is -1.75. The van der Waals surface area contributed by atoms with Crippen LogP contribution in [0.15, 0.2) is 24.3 Å². The zero-order chi connectivity index (χ0) is 22.4. The van der Waals surface area contributed by atoms with Gasteiger partial charge in [0, 0.05) is 0 Å². The molecule has 0 saturated carbocycles. The van der Waals surface area contributed by atoms with Crippen LogP contribution in [0.2, 0.25) is 0 Å². The van der Waals surface area contributed by atoms with E-state index in [0.29, 0.717) is 0 Å². The first-order chi connectivity index (χ1) is 14.3. The molecule has 1 aromatic rings. The van der Waals surface area contributed by atoms with Gasteiger partial charge in [0.1, 0.15) is 10.1 Å². The van der Waals surface area contributed by atoms with Gasteiger partial charge in [0.15, 0.2) is 5.44 Å². The zero-order valence-electron chi connectivity index (χ0n) is 18.9. The minimum absolute atomic E-state index is 0. The Hall–Kier alpha value is -0.930. The number of carbonyl (C=O) groups is 2. The van der Waals surface area contributed by atoms with Crippen molar-refractivity contribution in [3.05, 3.63) is 35.4 Å². The first-order valence-electron chi connectivity index (χ1n) is 10.7. The van der Waals surface area contributed by atoms with Crippen molar-refractivity contribution in [1.29, 1.82) is 0 Å². The summed E-state index contributed by atoms with van der Waals surface area (Å²) in [6, 6.07) is 5.78. The Morgan fingerprint density at radius 2 is 1.32 bits per heavy atom. The molecule has 0 fully saturated rings. The fourth-order valence-electron chi connectivity index (χ4n) is 2.94. The van der Waals surface area contributed by atoms with Crippen LogP contribution in [0.3, 0.4) is 0 Å². The summed E-state index contributed by atoms with van der Waals surface area (Å²) in [4.78, 5) is 24.5. The minimum atomic E-state index is -4.78. The second-order valence-electron chi connectivity index (χ2n) is 7.33. The van der Waals surface area contributed by atoms with Crippen molar-refractivity contribution >= 4 is 22.1 Å². The predicted molar refractivity (Wildman–Crippen MR) is 113 cm³/mol. The Labute approximate surface area is 208 Å². The molecule has 0 aliphatic heterocycles. The molecule has 0 N–H and O–H groups in total. The molecule has 0 spiro atoms. The zero-order valence-corrected chi connectivity index (χ0v) is 21.7. The van der Waals surface area contributed by atoms with E-state index in [1.807, 2.05) is 0 Å². The predicted octanol–water partition coefficient (Wildman–Crippen LogP) is 1.82. The second-order valence-corrected chi connectivity index (χ2v) is 8.98. The van der Waals surface area contributed by atoms with Gasteiger partial charge < -0.3 is 14.0 Å². The average molecular weight is 465 g/mol. The van der Waals surface area contributed by atoms with Crippen molar-refractivity contribution < 1.29 is 61.6 Å². The quantitative estimate of drug-likeness (QED) is 0.168. The van der Waals surface area contributed by atoms with Crippen LogP contribution in [0, 0.1) is 0 Å². The number of hydrogen-bond donors (Lipinski definition) is 0. The maximum Gasteiger partial charge on any atom is 1.00 e. The Balaban J connectivity index is 0.00000900. The summed E-state index contributed by atoms with van der Waals surface area (Å²) < 4.78 is 42.7. The topological polar surface area (TPSA) is 110 Å². The molecule has 0 heterocycles. The third kappa shape index (κ3) is 12.6. The second kappa shape index (κ2) is 16.7. The van der Waals surface area contributed by atoms with Gasteiger partial charge in [-0.1, -0.05) is 76.8 Å². The van der Waals surface area contributed by atoms with Crippen molar-refractivity contribution in [3.8, 4) is 0 Å². The number of rotatable bonds is 15. The number of benzene rings is 1. The van der Waals surface area contributed by atoms with Crippen molar-refractivity contribution in [2.75, 3.05) is 6.61 Å². The van der Waals surface area contributed by atoms with Crippen LogP contribution in [-0.4, -0.2) is 37.0 Å². The molecule has 31 heavy (non-hydrogen) atoms. The van der Waals surface area contributed by atoms with Crippen molar-refractivity contribution in [2.45, 2.75) is 83.5 Å². The largest absolute Gasteiger partial charge is 1.00 e. The van der Waals surface area contributed by atoms with E-state index in [2.05, 4.69) is 11.7 Å². The van der Waals surface area contributed by atoms with E-state index in [-0.39, 0.29) is 47.3 Å².